The molecule has 19 heavy (non-hydrogen) atoms. The molecule has 106 valence electrons. The predicted molar refractivity (Wildman–Crippen MR) is 71.6 cm³/mol. The average molecular weight is 306 g/mol. The summed E-state index contributed by atoms with van der Waals surface area (Å²) in [5, 5.41) is 19.1. The molecule has 1 saturated heterocycles. The van der Waals surface area contributed by atoms with E-state index in [2.05, 4.69) is 0 Å². The highest BCUT2D eigenvalue weighted by molar-refractivity contribution is 7.89. The molecule has 2 N–H and O–H groups in total. The van der Waals surface area contributed by atoms with Gasteiger partial charge in [0.2, 0.25) is 10.0 Å². The molecule has 1 heterocycles. The Bertz CT molecular complexity index is 589. The summed E-state index contributed by atoms with van der Waals surface area (Å²) in [5.41, 5.74) is -0.484. The molecule has 1 fully saturated rings. The first-order valence-electron chi connectivity index (χ1n) is 5.88. The van der Waals surface area contributed by atoms with Crippen molar-refractivity contribution in [1.82, 2.24) is 4.31 Å². The number of aliphatic hydroxyl groups is 2. The van der Waals surface area contributed by atoms with Crippen LogP contribution in [0.25, 0.3) is 0 Å². The molecular formula is C12H16ClNO4S. The molecule has 1 aliphatic rings. The van der Waals surface area contributed by atoms with Gasteiger partial charge in [0.25, 0.3) is 0 Å². The average Bonchev–Trinajstić information content (AvgIpc) is 2.73. The number of β-amino-alcohol motifs (C(OH)–C–C–N with tert-alkyl or cyclic N) is 1. The van der Waals surface area contributed by atoms with E-state index in [1.54, 1.807) is 12.1 Å². The molecule has 0 aliphatic carbocycles. The lowest BCUT2D eigenvalue weighted by Crippen LogP contribution is -2.38. The maximum Gasteiger partial charge on any atom is 0.244 e. The Hall–Kier alpha value is -0.660. The minimum absolute atomic E-state index is 0.0296. The minimum atomic E-state index is -3.74. The molecule has 1 aromatic rings. The second-order valence-electron chi connectivity index (χ2n) is 4.90. The standard InChI is InChI=1S/C12H16ClNO4S/c1-9-2-3-11(10(13)6-9)19(17,18)14-5-4-12(16,7-14)8-15/h2-3,6,15-16H,4-5,7-8H2,1H3. The van der Waals surface area contributed by atoms with Crippen molar-refractivity contribution in [1.29, 1.82) is 0 Å². The minimum Gasteiger partial charge on any atom is -0.393 e. The topological polar surface area (TPSA) is 77.8 Å². The van der Waals surface area contributed by atoms with Crippen molar-refractivity contribution < 1.29 is 18.6 Å². The quantitative estimate of drug-likeness (QED) is 0.864. The van der Waals surface area contributed by atoms with Crippen molar-refractivity contribution in [2.45, 2.75) is 23.8 Å². The van der Waals surface area contributed by atoms with Gasteiger partial charge in [0.05, 0.1) is 11.6 Å². The third-order valence-corrected chi connectivity index (χ3v) is 5.62. The third-order valence-electron chi connectivity index (χ3n) is 3.30. The van der Waals surface area contributed by atoms with Crippen LogP contribution in [0.3, 0.4) is 0 Å². The number of hydrogen-bond donors (Lipinski definition) is 2. The second-order valence-corrected chi connectivity index (χ2v) is 7.22. The molecule has 0 radical (unpaired) electrons. The van der Waals surface area contributed by atoms with Crippen molar-refractivity contribution in [2.75, 3.05) is 19.7 Å². The van der Waals surface area contributed by atoms with E-state index in [9.17, 15) is 13.5 Å². The first-order chi connectivity index (χ1) is 8.78. The van der Waals surface area contributed by atoms with Crippen LogP contribution in [-0.2, 0) is 10.0 Å². The Kier molecular flexibility index (Phi) is 3.90. The maximum absolute atomic E-state index is 12.4. The van der Waals surface area contributed by atoms with Crippen molar-refractivity contribution in [3.63, 3.8) is 0 Å². The highest BCUT2D eigenvalue weighted by atomic mass is 35.5. The monoisotopic (exact) mass is 305 g/mol. The van der Waals surface area contributed by atoms with E-state index in [0.29, 0.717) is 0 Å². The van der Waals surface area contributed by atoms with E-state index >= 15 is 0 Å². The summed E-state index contributed by atoms with van der Waals surface area (Å²) in [6.07, 6.45) is 0.214. The molecule has 1 aromatic carbocycles. The summed E-state index contributed by atoms with van der Waals surface area (Å²) >= 11 is 5.98. The molecule has 0 amide bonds. The number of nitrogens with zero attached hydrogens (tertiary/aromatic N) is 1. The molecule has 0 aromatic heterocycles. The molecule has 1 unspecified atom stereocenters. The zero-order valence-electron chi connectivity index (χ0n) is 10.5. The van der Waals surface area contributed by atoms with Gasteiger partial charge in [-0.1, -0.05) is 17.7 Å². The number of hydrogen-bond acceptors (Lipinski definition) is 4. The lowest BCUT2D eigenvalue weighted by atomic mass is 10.1. The molecular weight excluding hydrogens is 290 g/mol. The van der Waals surface area contributed by atoms with Gasteiger partial charge in [-0.2, -0.15) is 4.31 Å². The van der Waals surface area contributed by atoms with Crippen LogP contribution in [0.15, 0.2) is 23.1 Å². The number of benzene rings is 1. The lowest BCUT2D eigenvalue weighted by molar-refractivity contribution is -0.000733. The van der Waals surface area contributed by atoms with Gasteiger partial charge in [0.1, 0.15) is 10.5 Å². The van der Waals surface area contributed by atoms with Crippen LogP contribution in [-0.4, -0.2) is 48.2 Å². The number of rotatable bonds is 3. The van der Waals surface area contributed by atoms with Crippen LogP contribution >= 0.6 is 11.6 Å². The third kappa shape index (κ3) is 2.78. The van der Waals surface area contributed by atoms with Gasteiger partial charge in [-0.05, 0) is 31.0 Å². The van der Waals surface area contributed by atoms with Gasteiger partial charge in [-0.3, -0.25) is 0 Å². The Balaban J connectivity index is 2.34. The SMILES string of the molecule is Cc1ccc(S(=O)(=O)N2CCC(O)(CO)C2)c(Cl)c1. The van der Waals surface area contributed by atoms with Crippen LogP contribution in [0.4, 0.5) is 0 Å². The van der Waals surface area contributed by atoms with Gasteiger partial charge in [0, 0.05) is 13.1 Å². The van der Waals surface area contributed by atoms with Crippen LogP contribution in [0.5, 0.6) is 0 Å². The van der Waals surface area contributed by atoms with E-state index in [0.717, 1.165) is 9.87 Å². The van der Waals surface area contributed by atoms with Crippen LogP contribution in [0, 0.1) is 6.92 Å². The summed E-state index contributed by atoms with van der Waals surface area (Å²) in [5.74, 6) is 0. The first-order valence-corrected chi connectivity index (χ1v) is 7.70. The highest BCUT2D eigenvalue weighted by Crippen LogP contribution is 2.30. The van der Waals surface area contributed by atoms with Gasteiger partial charge in [-0.25, -0.2) is 8.42 Å². The van der Waals surface area contributed by atoms with Crippen LogP contribution in [0.1, 0.15) is 12.0 Å². The summed E-state index contributed by atoms with van der Waals surface area (Å²) in [6.45, 7) is 1.42. The Morgan fingerprint density at radius 1 is 1.47 bits per heavy atom. The number of aryl methyl sites for hydroxylation is 1. The molecule has 0 bridgehead atoms. The number of halogens is 1. The summed E-state index contributed by atoms with van der Waals surface area (Å²) < 4.78 is 26.0. The molecule has 1 aliphatic heterocycles. The van der Waals surface area contributed by atoms with Gasteiger partial charge in [0.15, 0.2) is 0 Å². The largest absolute Gasteiger partial charge is 0.393 e. The van der Waals surface area contributed by atoms with Crippen LogP contribution < -0.4 is 0 Å². The molecule has 0 saturated carbocycles. The first kappa shape index (κ1) is 14.7. The van der Waals surface area contributed by atoms with E-state index in [4.69, 9.17) is 16.7 Å². The van der Waals surface area contributed by atoms with Crippen LogP contribution in [0.2, 0.25) is 5.02 Å². The summed E-state index contributed by atoms with van der Waals surface area (Å²) in [4.78, 5) is 0.0296. The summed E-state index contributed by atoms with van der Waals surface area (Å²) in [6, 6.07) is 4.72. The van der Waals surface area contributed by atoms with Crippen molar-refractivity contribution in [3.8, 4) is 0 Å². The van der Waals surface area contributed by atoms with E-state index in [-0.39, 0.29) is 29.4 Å². The molecule has 0 spiro atoms. The highest BCUT2D eigenvalue weighted by Gasteiger charge is 2.41. The zero-order valence-corrected chi connectivity index (χ0v) is 12.1. The molecule has 1 atom stereocenters. The van der Waals surface area contributed by atoms with E-state index in [1.807, 2.05) is 6.92 Å². The van der Waals surface area contributed by atoms with Gasteiger partial charge in [-0.15, -0.1) is 0 Å². The Morgan fingerprint density at radius 3 is 2.68 bits per heavy atom. The normalized spacial score (nSPS) is 24.8. The molecule has 5 nitrogen and oxygen atoms in total. The van der Waals surface area contributed by atoms with E-state index in [1.165, 1.54) is 6.07 Å². The maximum atomic E-state index is 12.4. The Labute approximate surface area is 117 Å². The van der Waals surface area contributed by atoms with Crippen molar-refractivity contribution >= 4 is 21.6 Å². The van der Waals surface area contributed by atoms with Gasteiger partial charge >= 0.3 is 0 Å². The fourth-order valence-corrected chi connectivity index (χ4v) is 4.20. The molecule has 7 heteroatoms. The zero-order chi connectivity index (χ0) is 14.3. The van der Waals surface area contributed by atoms with Gasteiger partial charge < -0.3 is 10.2 Å². The number of sulfonamides is 1. The van der Waals surface area contributed by atoms with Crippen molar-refractivity contribution in [3.05, 3.63) is 28.8 Å². The fraction of sp³-hybridized carbons (Fsp3) is 0.500. The number of aliphatic hydroxyl groups excluding tert-OH is 1. The second kappa shape index (κ2) is 5.03. The van der Waals surface area contributed by atoms with Crippen molar-refractivity contribution in [2.24, 2.45) is 0 Å². The molecule has 2 rings (SSSR count). The predicted octanol–water partition coefficient (Wildman–Crippen LogP) is 0.766. The lowest BCUT2D eigenvalue weighted by Gasteiger charge is -2.21. The smallest absolute Gasteiger partial charge is 0.244 e. The van der Waals surface area contributed by atoms with E-state index < -0.39 is 22.2 Å². The summed E-state index contributed by atoms with van der Waals surface area (Å²) in [7, 11) is -3.74. The Morgan fingerprint density at radius 2 is 2.16 bits per heavy atom. The fourth-order valence-electron chi connectivity index (χ4n) is 2.11.